The Labute approximate surface area is 174 Å². The number of benzene rings is 3. The lowest BCUT2D eigenvalue weighted by Crippen LogP contribution is -2.08. The predicted octanol–water partition coefficient (Wildman–Crippen LogP) is 5.47. The number of nitro benzene ring substituents is 1. The van der Waals surface area contributed by atoms with Crippen LogP contribution >= 0.6 is 15.9 Å². The summed E-state index contributed by atoms with van der Waals surface area (Å²) in [4.78, 5) is 34.6. The Hall–Kier alpha value is -3.58. The van der Waals surface area contributed by atoms with Crippen LogP contribution in [0.5, 0.6) is 5.75 Å². The largest absolute Gasteiger partial charge is 0.423 e. The number of ether oxygens (including phenoxy) is 1. The number of hydrogen-bond acceptors (Lipinski definition) is 5. The highest BCUT2D eigenvalue weighted by molar-refractivity contribution is 9.10. The molecule has 29 heavy (non-hydrogen) atoms. The molecule has 0 heterocycles. The number of carbonyl (C=O) groups is 2. The normalized spacial score (nSPS) is 10.7. The molecule has 0 radical (unpaired) electrons. The van der Waals surface area contributed by atoms with E-state index < -0.39 is 10.9 Å². The second-order valence-electron chi connectivity index (χ2n) is 5.97. The summed E-state index contributed by atoms with van der Waals surface area (Å²) in [6.07, 6.45) is 3.08. The number of nitrogens with zero attached hydrogens (tertiary/aromatic N) is 1. The van der Waals surface area contributed by atoms with Crippen molar-refractivity contribution >= 4 is 39.4 Å². The molecule has 0 saturated carbocycles. The molecule has 0 fully saturated rings. The number of non-ortho nitro benzene ring substituents is 1. The van der Waals surface area contributed by atoms with E-state index in [2.05, 4.69) is 15.9 Å². The van der Waals surface area contributed by atoms with E-state index in [9.17, 15) is 19.7 Å². The highest BCUT2D eigenvalue weighted by Crippen LogP contribution is 2.18. The molecule has 0 bridgehead atoms. The Kier molecular flexibility index (Phi) is 6.31. The summed E-state index contributed by atoms with van der Waals surface area (Å²) in [6, 6.07) is 18.9. The van der Waals surface area contributed by atoms with Gasteiger partial charge in [0.05, 0.1) is 10.5 Å². The minimum atomic E-state index is -0.632. The van der Waals surface area contributed by atoms with Crippen molar-refractivity contribution in [1.82, 2.24) is 0 Å². The number of rotatable bonds is 6. The maximum absolute atomic E-state index is 12.2. The van der Waals surface area contributed by atoms with Gasteiger partial charge in [0.25, 0.3) is 5.69 Å². The zero-order valence-electron chi connectivity index (χ0n) is 14.9. The molecule has 144 valence electrons. The van der Waals surface area contributed by atoms with Gasteiger partial charge in [0.1, 0.15) is 5.75 Å². The lowest BCUT2D eigenvalue weighted by Gasteiger charge is -2.05. The highest BCUT2D eigenvalue weighted by Gasteiger charge is 2.11. The van der Waals surface area contributed by atoms with Crippen LogP contribution in [0.3, 0.4) is 0 Å². The van der Waals surface area contributed by atoms with E-state index in [1.807, 2.05) is 0 Å². The lowest BCUT2D eigenvalue weighted by molar-refractivity contribution is -0.384. The van der Waals surface area contributed by atoms with Crippen LogP contribution in [-0.2, 0) is 0 Å². The number of halogens is 1. The molecule has 3 aromatic carbocycles. The minimum Gasteiger partial charge on any atom is -0.423 e. The Morgan fingerprint density at radius 1 is 0.931 bits per heavy atom. The van der Waals surface area contributed by atoms with Crippen molar-refractivity contribution in [3.63, 3.8) is 0 Å². The molecule has 0 aliphatic heterocycles. The third-order valence-corrected chi connectivity index (χ3v) is 4.47. The third-order valence-electron chi connectivity index (χ3n) is 3.94. The summed E-state index contributed by atoms with van der Waals surface area (Å²) in [7, 11) is 0. The van der Waals surface area contributed by atoms with Crippen LogP contribution in [0.15, 0.2) is 83.3 Å². The van der Waals surface area contributed by atoms with E-state index in [-0.39, 0.29) is 17.0 Å². The fourth-order valence-electron chi connectivity index (χ4n) is 2.45. The van der Waals surface area contributed by atoms with Gasteiger partial charge in [0, 0.05) is 22.2 Å². The van der Waals surface area contributed by atoms with Gasteiger partial charge in [-0.2, -0.15) is 0 Å². The second-order valence-corrected chi connectivity index (χ2v) is 6.89. The molecule has 0 aliphatic rings. The lowest BCUT2D eigenvalue weighted by atomic mass is 10.1. The van der Waals surface area contributed by atoms with Crippen molar-refractivity contribution in [2.75, 3.05) is 0 Å². The Morgan fingerprint density at radius 2 is 1.59 bits per heavy atom. The fourth-order valence-corrected chi connectivity index (χ4v) is 2.71. The summed E-state index contributed by atoms with van der Waals surface area (Å²) in [5.41, 5.74) is 1.33. The monoisotopic (exact) mass is 451 g/mol. The summed E-state index contributed by atoms with van der Waals surface area (Å²) >= 11 is 3.32. The van der Waals surface area contributed by atoms with E-state index in [1.54, 1.807) is 54.6 Å². The van der Waals surface area contributed by atoms with Gasteiger partial charge in [0.15, 0.2) is 5.78 Å². The highest BCUT2D eigenvalue weighted by atomic mass is 79.9. The molecule has 0 spiro atoms. The van der Waals surface area contributed by atoms with Crippen LogP contribution in [0.4, 0.5) is 5.69 Å². The van der Waals surface area contributed by atoms with Crippen molar-refractivity contribution in [2.45, 2.75) is 0 Å². The summed E-state index contributed by atoms with van der Waals surface area (Å²) in [5.74, 6) is -0.482. The number of nitro groups is 1. The standard InChI is InChI=1S/C22H14BrNO5/c23-18-9-5-16(6-10-18)21(25)13-4-15-2-1-3-20(14-15)29-22(26)17-7-11-19(12-8-17)24(27)28/h1-14H. The molecule has 3 rings (SSSR count). The quantitative estimate of drug-likeness (QED) is 0.124. The molecular formula is C22H14BrNO5. The molecule has 6 nitrogen and oxygen atoms in total. The van der Waals surface area contributed by atoms with Crippen LogP contribution in [0, 0.1) is 10.1 Å². The average Bonchev–Trinajstić information content (AvgIpc) is 2.73. The van der Waals surface area contributed by atoms with Crippen molar-refractivity contribution in [3.8, 4) is 5.75 Å². The molecular weight excluding hydrogens is 438 g/mol. The number of carbonyl (C=O) groups excluding carboxylic acids is 2. The molecule has 0 saturated heterocycles. The van der Waals surface area contributed by atoms with Gasteiger partial charge < -0.3 is 4.74 Å². The molecule has 0 aromatic heterocycles. The Bertz CT molecular complexity index is 1090. The minimum absolute atomic E-state index is 0.107. The molecule has 0 amide bonds. The fraction of sp³-hybridized carbons (Fsp3) is 0. The first kappa shape index (κ1) is 20.2. The van der Waals surface area contributed by atoms with Crippen LogP contribution in [0.2, 0.25) is 0 Å². The van der Waals surface area contributed by atoms with Crippen molar-refractivity contribution in [2.24, 2.45) is 0 Å². The van der Waals surface area contributed by atoms with E-state index in [0.717, 1.165) is 4.47 Å². The molecule has 0 unspecified atom stereocenters. The number of allylic oxidation sites excluding steroid dienone is 1. The molecule has 3 aromatic rings. The summed E-state index contributed by atoms with van der Waals surface area (Å²) in [6.45, 7) is 0. The van der Waals surface area contributed by atoms with Crippen molar-refractivity contribution in [3.05, 3.63) is 110 Å². The smallest absolute Gasteiger partial charge is 0.343 e. The van der Waals surface area contributed by atoms with Crippen molar-refractivity contribution < 1.29 is 19.2 Å². The van der Waals surface area contributed by atoms with Gasteiger partial charge >= 0.3 is 5.97 Å². The van der Waals surface area contributed by atoms with Gasteiger partial charge in [-0.25, -0.2) is 4.79 Å². The first-order valence-corrected chi connectivity index (χ1v) is 9.26. The van der Waals surface area contributed by atoms with Gasteiger partial charge in [-0.1, -0.05) is 34.1 Å². The molecule has 7 heteroatoms. The Balaban J connectivity index is 1.68. The predicted molar refractivity (Wildman–Crippen MR) is 112 cm³/mol. The third kappa shape index (κ3) is 5.46. The van der Waals surface area contributed by atoms with Crippen LogP contribution in [0.25, 0.3) is 6.08 Å². The number of esters is 1. The second kappa shape index (κ2) is 9.07. The summed E-state index contributed by atoms with van der Waals surface area (Å²) < 4.78 is 6.20. The SMILES string of the molecule is O=C(C=Cc1cccc(OC(=O)c2ccc([N+](=O)[O-])cc2)c1)c1ccc(Br)cc1. The number of ketones is 1. The van der Waals surface area contributed by atoms with Gasteiger partial charge in [-0.05, 0) is 60.2 Å². The van der Waals surface area contributed by atoms with Crippen LogP contribution < -0.4 is 4.74 Å². The van der Waals surface area contributed by atoms with Crippen LogP contribution in [-0.4, -0.2) is 16.7 Å². The van der Waals surface area contributed by atoms with Gasteiger partial charge in [-0.15, -0.1) is 0 Å². The number of hydrogen-bond donors (Lipinski definition) is 0. The van der Waals surface area contributed by atoms with Crippen LogP contribution in [0.1, 0.15) is 26.3 Å². The zero-order chi connectivity index (χ0) is 20.8. The first-order valence-electron chi connectivity index (χ1n) is 8.47. The average molecular weight is 452 g/mol. The van der Waals surface area contributed by atoms with E-state index in [0.29, 0.717) is 16.9 Å². The van der Waals surface area contributed by atoms with E-state index >= 15 is 0 Å². The van der Waals surface area contributed by atoms with Gasteiger partial charge in [-0.3, -0.25) is 14.9 Å². The molecule has 0 aliphatic carbocycles. The maximum atomic E-state index is 12.2. The zero-order valence-corrected chi connectivity index (χ0v) is 16.5. The molecule has 0 N–H and O–H groups in total. The van der Waals surface area contributed by atoms with Gasteiger partial charge in [0.2, 0.25) is 0 Å². The summed E-state index contributed by atoms with van der Waals surface area (Å²) in [5, 5.41) is 10.7. The van der Waals surface area contributed by atoms with E-state index in [4.69, 9.17) is 4.74 Å². The Morgan fingerprint density at radius 3 is 2.24 bits per heavy atom. The van der Waals surface area contributed by atoms with E-state index in [1.165, 1.54) is 30.3 Å². The molecule has 0 atom stereocenters. The topological polar surface area (TPSA) is 86.5 Å². The maximum Gasteiger partial charge on any atom is 0.343 e. The first-order chi connectivity index (χ1) is 13.9. The van der Waals surface area contributed by atoms with Crippen molar-refractivity contribution in [1.29, 1.82) is 0 Å².